The van der Waals surface area contributed by atoms with Crippen molar-refractivity contribution in [3.05, 3.63) is 72.7 Å². The summed E-state index contributed by atoms with van der Waals surface area (Å²) in [6, 6.07) is 18.1. The van der Waals surface area contributed by atoms with E-state index >= 15 is 0 Å². The maximum Gasteiger partial charge on any atom is 0.243 e. The van der Waals surface area contributed by atoms with E-state index < -0.39 is 5.25 Å². The normalized spacial score (nSPS) is 16.8. The van der Waals surface area contributed by atoms with E-state index in [1.165, 1.54) is 18.9 Å². The number of nitrogens with zero attached hydrogens (tertiary/aromatic N) is 2. The predicted octanol–water partition coefficient (Wildman–Crippen LogP) is 4.46. The largest absolute Gasteiger partial charge is 0.497 e. The summed E-state index contributed by atoms with van der Waals surface area (Å²) in [5.41, 5.74) is 1.23. The van der Waals surface area contributed by atoms with Crippen LogP contribution < -0.4 is 14.8 Å². The quantitative estimate of drug-likeness (QED) is 0.528. The van der Waals surface area contributed by atoms with Crippen LogP contribution in [0.1, 0.15) is 12.2 Å². The zero-order chi connectivity index (χ0) is 23.2. The van der Waals surface area contributed by atoms with Crippen molar-refractivity contribution in [3.8, 4) is 11.5 Å². The summed E-state index contributed by atoms with van der Waals surface area (Å²) >= 11 is 1.27. The number of aliphatic imine (C=N–C) groups is 1. The summed E-state index contributed by atoms with van der Waals surface area (Å²) in [6.45, 7) is 0.245. The Kier molecular flexibility index (Phi) is 6.99. The molecule has 2 aromatic carbocycles. The molecule has 1 aliphatic rings. The molecule has 0 bridgehead atoms. The number of carbonyl (C=O) groups excluding carboxylic acids is 2. The first-order chi connectivity index (χ1) is 16.1. The number of ether oxygens (including phenoxy) is 2. The second kappa shape index (κ2) is 10.3. The molecule has 2 amide bonds. The maximum absolute atomic E-state index is 13.2. The molecule has 1 atom stereocenters. The summed E-state index contributed by atoms with van der Waals surface area (Å²) in [6.07, 6.45) is 1.55. The Morgan fingerprint density at radius 3 is 2.64 bits per heavy atom. The minimum Gasteiger partial charge on any atom is -0.497 e. The molecule has 1 saturated heterocycles. The lowest BCUT2D eigenvalue weighted by molar-refractivity contribution is -0.128. The van der Waals surface area contributed by atoms with Gasteiger partial charge in [-0.1, -0.05) is 30.0 Å². The monoisotopic (exact) mass is 465 g/mol. The molecule has 9 heteroatoms. The van der Waals surface area contributed by atoms with Gasteiger partial charge in [0.15, 0.2) is 5.17 Å². The molecule has 1 fully saturated rings. The molecule has 0 aliphatic carbocycles. The van der Waals surface area contributed by atoms with Crippen LogP contribution in [-0.4, -0.2) is 41.4 Å². The van der Waals surface area contributed by atoms with Crippen LogP contribution in [-0.2, 0) is 16.1 Å². The Bertz CT molecular complexity index is 1150. The van der Waals surface area contributed by atoms with E-state index in [-0.39, 0.29) is 24.8 Å². The molecule has 1 unspecified atom stereocenters. The average Bonchev–Trinajstić information content (AvgIpc) is 3.44. The number of methoxy groups -OCH3 is 2. The molecule has 1 aromatic heterocycles. The van der Waals surface area contributed by atoms with Gasteiger partial charge in [-0.25, -0.2) is 4.99 Å². The molecular formula is C24H23N3O5S. The highest BCUT2D eigenvalue weighted by Gasteiger charge is 2.39. The van der Waals surface area contributed by atoms with Crippen LogP contribution >= 0.6 is 11.8 Å². The van der Waals surface area contributed by atoms with Crippen LogP contribution in [0, 0.1) is 0 Å². The number of amidine groups is 1. The predicted molar refractivity (Wildman–Crippen MR) is 127 cm³/mol. The van der Waals surface area contributed by atoms with E-state index in [0.29, 0.717) is 28.1 Å². The maximum atomic E-state index is 13.2. The van der Waals surface area contributed by atoms with Crippen molar-refractivity contribution in [2.75, 3.05) is 19.5 Å². The number of amides is 2. The van der Waals surface area contributed by atoms with Crippen molar-refractivity contribution < 1.29 is 23.5 Å². The number of hydrogen-bond donors (Lipinski definition) is 1. The number of nitrogens with one attached hydrogen (secondary N) is 1. The van der Waals surface area contributed by atoms with Gasteiger partial charge in [-0.3, -0.25) is 14.5 Å². The van der Waals surface area contributed by atoms with E-state index in [1.54, 1.807) is 48.6 Å². The van der Waals surface area contributed by atoms with Crippen LogP contribution in [0.3, 0.4) is 0 Å². The smallest absolute Gasteiger partial charge is 0.243 e. The zero-order valence-electron chi connectivity index (χ0n) is 18.2. The first-order valence-corrected chi connectivity index (χ1v) is 11.1. The third-order valence-electron chi connectivity index (χ3n) is 4.95. The summed E-state index contributed by atoms with van der Waals surface area (Å²) in [5, 5.41) is 2.75. The highest BCUT2D eigenvalue weighted by atomic mass is 32.2. The zero-order valence-corrected chi connectivity index (χ0v) is 19.0. The van der Waals surface area contributed by atoms with E-state index in [4.69, 9.17) is 13.9 Å². The first kappa shape index (κ1) is 22.5. The van der Waals surface area contributed by atoms with Crippen LogP contribution in [0.4, 0.5) is 11.4 Å². The topological polar surface area (TPSA) is 93.4 Å². The van der Waals surface area contributed by atoms with Crippen molar-refractivity contribution in [2.24, 2.45) is 4.99 Å². The second-order valence-electron chi connectivity index (χ2n) is 7.16. The Morgan fingerprint density at radius 2 is 1.94 bits per heavy atom. The summed E-state index contributed by atoms with van der Waals surface area (Å²) < 4.78 is 15.9. The molecule has 1 N–H and O–H groups in total. The van der Waals surface area contributed by atoms with Gasteiger partial charge in [0.1, 0.15) is 22.5 Å². The number of carbonyl (C=O) groups is 2. The van der Waals surface area contributed by atoms with Gasteiger partial charge < -0.3 is 19.2 Å². The van der Waals surface area contributed by atoms with Crippen LogP contribution in [0.5, 0.6) is 11.5 Å². The fraction of sp³-hybridized carbons (Fsp3) is 0.208. The average molecular weight is 466 g/mol. The van der Waals surface area contributed by atoms with E-state index in [0.717, 1.165) is 5.69 Å². The fourth-order valence-electron chi connectivity index (χ4n) is 3.31. The van der Waals surface area contributed by atoms with Crippen molar-refractivity contribution in [1.82, 2.24) is 4.90 Å². The number of thioether (sulfide) groups is 1. The first-order valence-electron chi connectivity index (χ1n) is 10.2. The van der Waals surface area contributed by atoms with Gasteiger partial charge >= 0.3 is 0 Å². The highest BCUT2D eigenvalue weighted by molar-refractivity contribution is 8.15. The molecule has 2 heterocycles. The molecule has 33 heavy (non-hydrogen) atoms. The number of benzene rings is 2. The van der Waals surface area contributed by atoms with E-state index in [2.05, 4.69) is 10.3 Å². The lowest BCUT2D eigenvalue weighted by Crippen LogP contribution is -2.33. The van der Waals surface area contributed by atoms with Gasteiger partial charge in [-0.2, -0.15) is 0 Å². The lowest BCUT2D eigenvalue weighted by atomic mass is 10.2. The number of rotatable bonds is 8. The number of hydrogen-bond acceptors (Lipinski definition) is 7. The van der Waals surface area contributed by atoms with Crippen LogP contribution in [0.25, 0.3) is 0 Å². The summed E-state index contributed by atoms with van der Waals surface area (Å²) in [4.78, 5) is 32.2. The third-order valence-corrected chi connectivity index (χ3v) is 6.12. The standard InChI is InChI=1S/C24H23N3O5S/c1-30-17-10-11-19(20(13-17)31-2)26-22(28)14-21-23(29)27(15-18-9-6-12-32-18)24(33-21)25-16-7-4-3-5-8-16/h3-13,21H,14-15H2,1-2H3,(H,26,28). The molecule has 170 valence electrons. The molecule has 0 spiro atoms. The molecule has 0 radical (unpaired) electrons. The van der Waals surface area contributed by atoms with Crippen molar-refractivity contribution >= 4 is 40.1 Å². The Morgan fingerprint density at radius 1 is 1.12 bits per heavy atom. The lowest BCUT2D eigenvalue weighted by Gasteiger charge is -2.15. The van der Waals surface area contributed by atoms with Crippen molar-refractivity contribution in [1.29, 1.82) is 0 Å². The minimum absolute atomic E-state index is 0.0128. The van der Waals surface area contributed by atoms with Gasteiger partial charge in [0.2, 0.25) is 11.8 Å². The van der Waals surface area contributed by atoms with Crippen LogP contribution in [0.15, 0.2) is 76.3 Å². The number of furan rings is 1. The molecule has 1 aliphatic heterocycles. The van der Waals surface area contributed by atoms with Gasteiger partial charge in [0, 0.05) is 12.5 Å². The fourth-order valence-corrected chi connectivity index (χ4v) is 4.47. The SMILES string of the molecule is COc1ccc(NC(=O)CC2SC(=Nc3ccccc3)N(Cc3ccco3)C2=O)c(OC)c1. The van der Waals surface area contributed by atoms with E-state index in [1.807, 2.05) is 30.3 Å². The molecule has 3 aromatic rings. The van der Waals surface area contributed by atoms with Crippen molar-refractivity contribution in [3.63, 3.8) is 0 Å². The Labute approximate surface area is 195 Å². The van der Waals surface area contributed by atoms with Crippen molar-refractivity contribution in [2.45, 2.75) is 18.2 Å². The Balaban J connectivity index is 1.51. The molecule has 0 saturated carbocycles. The van der Waals surface area contributed by atoms with E-state index in [9.17, 15) is 9.59 Å². The Hall–Kier alpha value is -3.72. The third kappa shape index (κ3) is 5.38. The second-order valence-corrected chi connectivity index (χ2v) is 8.33. The summed E-state index contributed by atoms with van der Waals surface area (Å²) in [7, 11) is 3.07. The molecular weight excluding hydrogens is 442 g/mol. The highest BCUT2D eigenvalue weighted by Crippen LogP contribution is 2.34. The van der Waals surface area contributed by atoms with Gasteiger partial charge in [-0.05, 0) is 36.4 Å². The number of anilines is 1. The number of para-hydroxylation sites is 1. The van der Waals surface area contributed by atoms with Gasteiger partial charge in [0.25, 0.3) is 0 Å². The molecule has 8 nitrogen and oxygen atoms in total. The minimum atomic E-state index is -0.605. The van der Waals surface area contributed by atoms with Crippen LogP contribution in [0.2, 0.25) is 0 Å². The van der Waals surface area contributed by atoms with Gasteiger partial charge in [-0.15, -0.1) is 0 Å². The summed E-state index contributed by atoms with van der Waals surface area (Å²) in [5.74, 6) is 1.23. The molecule has 4 rings (SSSR count). The van der Waals surface area contributed by atoms with Gasteiger partial charge in [0.05, 0.1) is 38.4 Å².